The van der Waals surface area contributed by atoms with Gasteiger partial charge < -0.3 is 5.32 Å². The molecule has 1 N–H and O–H groups in total. The molecule has 5 nitrogen and oxygen atoms in total. The van der Waals surface area contributed by atoms with Crippen LogP contribution in [0.2, 0.25) is 0 Å². The maximum atomic E-state index is 4.47. The highest BCUT2D eigenvalue weighted by Crippen LogP contribution is 2.23. The first-order chi connectivity index (χ1) is 9.70. The number of nitrogens with one attached hydrogen (secondary N) is 1. The zero-order valence-corrected chi connectivity index (χ0v) is 11.9. The zero-order chi connectivity index (χ0) is 14.1. The van der Waals surface area contributed by atoms with E-state index in [4.69, 9.17) is 0 Å². The molecule has 0 aliphatic heterocycles. The number of nitrogens with zero attached hydrogens (tertiary/aromatic N) is 4. The highest BCUT2D eigenvalue weighted by Gasteiger charge is 2.11. The lowest BCUT2D eigenvalue weighted by Gasteiger charge is -2.08. The van der Waals surface area contributed by atoms with E-state index >= 15 is 0 Å². The fraction of sp³-hybridized carbons (Fsp3) is 0.267. The van der Waals surface area contributed by atoms with Crippen molar-refractivity contribution < 1.29 is 0 Å². The molecule has 0 spiro atoms. The van der Waals surface area contributed by atoms with Crippen LogP contribution in [-0.2, 0) is 0 Å². The van der Waals surface area contributed by atoms with Crippen LogP contribution in [0, 0.1) is 13.8 Å². The number of rotatable bonds is 3. The molecule has 0 aliphatic carbocycles. The summed E-state index contributed by atoms with van der Waals surface area (Å²) in [5, 5.41) is 8.65. The van der Waals surface area contributed by atoms with Gasteiger partial charge in [0.15, 0.2) is 5.65 Å². The molecule has 0 fully saturated rings. The standard InChI is InChI=1S/C15H17N5/c1-4-16-14-12-8-19-20(15(12)18-9-17-14)13-6-5-10(2)7-11(13)3/h5-9H,4H2,1-3H3,(H,16,17,18). The molecular weight excluding hydrogens is 250 g/mol. The summed E-state index contributed by atoms with van der Waals surface area (Å²) in [6.45, 7) is 7.04. The van der Waals surface area contributed by atoms with Crippen LogP contribution in [-0.4, -0.2) is 26.3 Å². The normalized spacial score (nSPS) is 10.9. The van der Waals surface area contributed by atoms with Crippen molar-refractivity contribution in [1.29, 1.82) is 0 Å². The van der Waals surface area contributed by atoms with Crippen molar-refractivity contribution in [3.63, 3.8) is 0 Å². The minimum absolute atomic E-state index is 0.820. The van der Waals surface area contributed by atoms with E-state index in [1.165, 1.54) is 11.1 Å². The molecule has 3 rings (SSSR count). The van der Waals surface area contributed by atoms with E-state index in [0.717, 1.165) is 29.1 Å². The Balaban J connectivity index is 2.20. The number of fused-ring (bicyclic) bond motifs is 1. The first-order valence-corrected chi connectivity index (χ1v) is 6.71. The minimum Gasteiger partial charge on any atom is -0.370 e. The van der Waals surface area contributed by atoms with Gasteiger partial charge in [0.25, 0.3) is 0 Å². The van der Waals surface area contributed by atoms with Crippen LogP contribution in [0.15, 0.2) is 30.7 Å². The van der Waals surface area contributed by atoms with Crippen molar-refractivity contribution in [2.24, 2.45) is 0 Å². The number of benzene rings is 1. The van der Waals surface area contributed by atoms with E-state index in [-0.39, 0.29) is 0 Å². The van der Waals surface area contributed by atoms with Gasteiger partial charge in [-0.3, -0.25) is 0 Å². The highest BCUT2D eigenvalue weighted by atomic mass is 15.3. The summed E-state index contributed by atoms with van der Waals surface area (Å²) in [4.78, 5) is 8.64. The van der Waals surface area contributed by atoms with Crippen LogP contribution >= 0.6 is 0 Å². The maximum Gasteiger partial charge on any atom is 0.168 e. The summed E-state index contributed by atoms with van der Waals surface area (Å²) in [6.07, 6.45) is 3.38. The third-order valence-electron chi connectivity index (χ3n) is 3.29. The predicted molar refractivity (Wildman–Crippen MR) is 80.3 cm³/mol. The van der Waals surface area contributed by atoms with Crippen molar-refractivity contribution in [1.82, 2.24) is 19.7 Å². The first-order valence-electron chi connectivity index (χ1n) is 6.71. The van der Waals surface area contributed by atoms with Crippen molar-refractivity contribution >= 4 is 16.9 Å². The Kier molecular flexibility index (Phi) is 3.10. The van der Waals surface area contributed by atoms with E-state index in [0.29, 0.717) is 0 Å². The summed E-state index contributed by atoms with van der Waals surface area (Å²) in [5.74, 6) is 0.827. The number of aromatic nitrogens is 4. The lowest BCUT2D eigenvalue weighted by atomic mass is 10.1. The molecule has 102 valence electrons. The second kappa shape index (κ2) is 4.92. The van der Waals surface area contributed by atoms with Gasteiger partial charge in [0, 0.05) is 6.54 Å². The van der Waals surface area contributed by atoms with Crippen LogP contribution in [0.1, 0.15) is 18.1 Å². The molecule has 0 unspecified atom stereocenters. The lowest BCUT2D eigenvalue weighted by molar-refractivity contribution is 0.886. The zero-order valence-electron chi connectivity index (χ0n) is 11.9. The van der Waals surface area contributed by atoms with E-state index in [1.54, 1.807) is 6.33 Å². The van der Waals surface area contributed by atoms with Gasteiger partial charge in [0.2, 0.25) is 0 Å². The molecule has 0 saturated heterocycles. The van der Waals surface area contributed by atoms with Crippen molar-refractivity contribution in [3.05, 3.63) is 41.9 Å². The SMILES string of the molecule is CCNc1ncnc2c1cnn2-c1ccc(C)cc1C. The molecule has 0 radical (unpaired) electrons. The Labute approximate surface area is 117 Å². The van der Waals surface area contributed by atoms with Gasteiger partial charge in [-0.2, -0.15) is 5.10 Å². The highest BCUT2D eigenvalue weighted by molar-refractivity contribution is 5.87. The molecule has 0 amide bonds. The first kappa shape index (κ1) is 12.6. The largest absolute Gasteiger partial charge is 0.370 e. The van der Waals surface area contributed by atoms with Crippen LogP contribution < -0.4 is 5.32 Å². The van der Waals surface area contributed by atoms with E-state index in [1.807, 2.05) is 17.8 Å². The average molecular weight is 267 g/mol. The topological polar surface area (TPSA) is 55.6 Å². The van der Waals surface area contributed by atoms with E-state index < -0.39 is 0 Å². The van der Waals surface area contributed by atoms with Gasteiger partial charge in [-0.05, 0) is 32.4 Å². The number of hydrogen-bond acceptors (Lipinski definition) is 4. The molecule has 0 atom stereocenters. The third kappa shape index (κ3) is 2.01. The molecule has 20 heavy (non-hydrogen) atoms. The second-order valence-corrected chi connectivity index (χ2v) is 4.84. The number of anilines is 1. The Morgan fingerprint density at radius 2 is 2.05 bits per heavy atom. The van der Waals surface area contributed by atoms with Crippen LogP contribution in [0.4, 0.5) is 5.82 Å². The van der Waals surface area contributed by atoms with Gasteiger partial charge in [-0.1, -0.05) is 17.7 Å². The summed E-state index contributed by atoms with van der Waals surface area (Å²) < 4.78 is 1.87. The molecule has 3 aromatic rings. The molecular formula is C15H17N5. The van der Waals surface area contributed by atoms with Crippen molar-refractivity contribution in [2.75, 3.05) is 11.9 Å². The molecule has 0 saturated carbocycles. The fourth-order valence-corrected chi connectivity index (χ4v) is 2.37. The van der Waals surface area contributed by atoms with Crippen molar-refractivity contribution in [2.45, 2.75) is 20.8 Å². The van der Waals surface area contributed by atoms with Crippen molar-refractivity contribution in [3.8, 4) is 5.69 Å². The Morgan fingerprint density at radius 1 is 1.20 bits per heavy atom. The maximum absolute atomic E-state index is 4.47. The summed E-state index contributed by atoms with van der Waals surface area (Å²) in [5.41, 5.74) is 4.29. The Morgan fingerprint density at radius 3 is 2.80 bits per heavy atom. The monoisotopic (exact) mass is 267 g/mol. The van der Waals surface area contributed by atoms with Crippen LogP contribution in [0.5, 0.6) is 0 Å². The van der Waals surface area contributed by atoms with Gasteiger partial charge in [-0.25, -0.2) is 14.6 Å². The Bertz CT molecular complexity index is 760. The Hall–Kier alpha value is -2.43. The number of hydrogen-bond donors (Lipinski definition) is 1. The molecule has 0 aliphatic rings. The molecule has 5 heteroatoms. The number of aryl methyl sites for hydroxylation is 2. The summed E-state index contributed by atoms with van der Waals surface area (Å²) in [6, 6.07) is 6.31. The smallest absolute Gasteiger partial charge is 0.168 e. The van der Waals surface area contributed by atoms with Gasteiger partial charge in [-0.15, -0.1) is 0 Å². The second-order valence-electron chi connectivity index (χ2n) is 4.84. The van der Waals surface area contributed by atoms with Gasteiger partial charge >= 0.3 is 0 Å². The average Bonchev–Trinajstić information content (AvgIpc) is 2.84. The van der Waals surface area contributed by atoms with Crippen LogP contribution in [0.25, 0.3) is 16.7 Å². The molecule has 2 heterocycles. The van der Waals surface area contributed by atoms with Gasteiger partial charge in [0.05, 0.1) is 17.3 Å². The minimum atomic E-state index is 0.820. The molecule has 1 aromatic carbocycles. The molecule has 0 bridgehead atoms. The summed E-state index contributed by atoms with van der Waals surface area (Å²) in [7, 11) is 0. The van der Waals surface area contributed by atoms with E-state index in [2.05, 4.69) is 52.4 Å². The lowest BCUT2D eigenvalue weighted by Crippen LogP contribution is -2.03. The van der Waals surface area contributed by atoms with Gasteiger partial charge in [0.1, 0.15) is 12.1 Å². The summed E-state index contributed by atoms with van der Waals surface area (Å²) >= 11 is 0. The molecule has 2 aromatic heterocycles. The fourth-order valence-electron chi connectivity index (χ4n) is 2.37. The van der Waals surface area contributed by atoms with E-state index in [9.17, 15) is 0 Å². The van der Waals surface area contributed by atoms with Crippen LogP contribution in [0.3, 0.4) is 0 Å². The third-order valence-corrected chi connectivity index (χ3v) is 3.29. The predicted octanol–water partition coefficient (Wildman–Crippen LogP) is 2.86. The quantitative estimate of drug-likeness (QED) is 0.792.